The molecule has 0 atom stereocenters. The van der Waals surface area contributed by atoms with Crippen molar-refractivity contribution >= 4 is 44.4 Å². The van der Waals surface area contributed by atoms with Crippen molar-refractivity contribution in [3.8, 4) is 5.75 Å². The van der Waals surface area contributed by atoms with Gasteiger partial charge in [-0.15, -0.1) is 11.3 Å². The highest BCUT2D eigenvalue weighted by Crippen LogP contribution is 2.22. The Hall–Kier alpha value is -1.60. The summed E-state index contributed by atoms with van der Waals surface area (Å²) < 4.78 is 6.81. The molecule has 3 N–H and O–H groups in total. The quantitative estimate of drug-likeness (QED) is 0.400. The van der Waals surface area contributed by atoms with E-state index >= 15 is 0 Å². The molecule has 1 aromatic heterocycles. The number of halogens is 1. The smallest absolute Gasteiger partial charge is 0.205 e. The van der Waals surface area contributed by atoms with Crippen molar-refractivity contribution < 1.29 is 4.74 Å². The molecule has 2 rings (SSSR count). The highest BCUT2D eigenvalue weighted by atomic mass is 79.9. The topological polar surface area (TPSA) is 72.5 Å². The Morgan fingerprint density at radius 2 is 2.32 bits per heavy atom. The van der Waals surface area contributed by atoms with Crippen molar-refractivity contribution in [2.75, 3.05) is 17.8 Å². The molecule has 0 spiro atoms. The van der Waals surface area contributed by atoms with E-state index in [2.05, 4.69) is 38.4 Å². The number of nitrogens with zero attached hydrogens (tertiary/aromatic N) is 2. The molecule has 0 aliphatic rings. The standard InChI is InChI=1S/C15H19BrN4OS/c1-2-3-4-7-21-13-6-5-12(16)8-11(13)9-18-20-15-19-14(17)10-22-15/h5-6,8-10H,2-4,7,17H2,1H3,(H,19,20). The molecule has 0 saturated carbocycles. The molecule has 0 amide bonds. The number of hydrogen-bond donors (Lipinski definition) is 2. The Bertz CT molecular complexity index is 630. The minimum absolute atomic E-state index is 0.491. The fourth-order valence-electron chi connectivity index (χ4n) is 1.78. The molecule has 7 heteroatoms. The summed E-state index contributed by atoms with van der Waals surface area (Å²) >= 11 is 4.87. The van der Waals surface area contributed by atoms with Crippen LogP contribution in [0.5, 0.6) is 5.75 Å². The number of hydrogen-bond acceptors (Lipinski definition) is 6. The van der Waals surface area contributed by atoms with Gasteiger partial charge in [-0.1, -0.05) is 35.7 Å². The van der Waals surface area contributed by atoms with E-state index in [4.69, 9.17) is 10.5 Å². The maximum absolute atomic E-state index is 5.83. The number of unbranched alkanes of at least 4 members (excludes halogenated alkanes) is 2. The van der Waals surface area contributed by atoms with Crippen molar-refractivity contribution in [3.63, 3.8) is 0 Å². The molecule has 0 unspecified atom stereocenters. The third kappa shape index (κ3) is 5.31. The molecule has 1 aromatic carbocycles. The van der Waals surface area contributed by atoms with Crippen LogP contribution in [0.3, 0.4) is 0 Å². The van der Waals surface area contributed by atoms with Crippen LogP contribution in [0.25, 0.3) is 0 Å². The highest BCUT2D eigenvalue weighted by molar-refractivity contribution is 9.10. The molecular weight excluding hydrogens is 364 g/mol. The summed E-state index contributed by atoms with van der Waals surface area (Å²) in [6, 6.07) is 5.87. The van der Waals surface area contributed by atoms with Crippen LogP contribution in [0.15, 0.2) is 33.2 Å². The van der Waals surface area contributed by atoms with Crippen molar-refractivity contribution in [2.24, 2.45) is 5.10 Å². The van der Waals surface area contributed by atoms with Gasteiger partial charge in [-0.25, -0.2) is 4.98 Å². The van der Waals surface area contributed by atoms with E-state index in [9.17, 15) is 0 Å². The molecule has 0 bridgehead atoms. The van der Waals surface area contributed by atoms with Crippen LogP contribution in [0.2, 0.25) is 0 Å². The summed E-state index contributed by atoms with van der Waals surface area (Å²) in [5.74, 6) is 1.31. The number of nitrogens with one attached hydrogen (secondary N) is 1. The fourth-order valence-corrected chi connectivity index (χ4v) is 2.71. The van der Waals surface area contributed by atoms with Crippen LogP contribution in [0.1, 0.15) is 31.7 Å². The Labute approximate surface area is 142 Å². The zero-order chi connectivity index (χ0) is 15.8. The maximum atomic E-state index is 5.83. The van der Waals surface area contributed by atoms with Gasteiger partial charge in [0.1, 0.15) is 11.6 Å². The first-order chi connectivity index (χ1) is 10.7. The average Bonchev–Trinajstić information content (AvgIpc) is 2.91. The zero-order valence-electron chi connectivity index (χ0n) is 12.4. The third-order valence-corrected chi connectivity index (χ3v) is 4.12. The second-order valence-electron chi connectivity index (χ2n) is 4.69. The van der Waals surface area contributed by atoms with Crippen LogP contribution >= 0.6 is 27.3 Å². The van der Waals surface area contributed by atoms with Gasteiger partial charge in [-0.05, 0) is 24.6 Å². The van der Waals surface area contributed by atoms with Gasteiger partial charge in [-0.3, -0.25) is 5.43 Å². The predicted molar refractivity (Wildman–Crippen MR) is 96.9 cm³/mol. The molecule has 5 nitrogen and oxygen atoms in total. The molecule has 2 aromatic rings. The van der Waals surface area contributed by atoms with Crippen molar-refractivity contribution in [1.82, 2.24) is 4.98 Å². The number of benzene rings is 1. The molecule has 22 heavy (non-hydrogen) atoms. The first-order valence-electron chi connectivity index (χ1n) is 7.11. The van der Waals surface area contributed by atoms with Gasteiger partial charge in [0.15, 0.2) is 0 Å². The van der Waals surface area contributed by atoms with Gasteiger partial charge in [-0.2, -0.15) is 5.10 Å². The summed E-state index contributed by atoms with van der Waals surface area (Å²) in [4.78, 5) is 4.08. The largest absolute Gasteiger partial charge is 0.493 e. The monoisotopic (exact) mass is 382 g/mol. The van der Waals surface area contributed by atoms with Gasteiger partial charge in [0.25, 0.3) is 0 Å². The second kappa shape index (κ2) is 8.75. The van der Waals surface area contributed by atoms with Crippen LogP contribution in [0, 0.1) is 0 Å². The van der Waals surface area contributed by atoms with Gasteiger partial charge < -0.3 is 10.5 Å². The molecule has 0 radical (unpaired) electrons. The number of rotatable bonds is 8. The summed E-state index contributed by atoms with van der Waals surface area (Å²) in [5.41, 5.74) is 9.33. The summed E-state index contributed by atoms with van der Waals surface area (Å²) in [6.07, 6.45) is 5.13. The van der Waals surface area contributed by atoms with Gasteiger partial charge >= 0.3 is 0 Å². The summed E-state index contributed by atoms with van der Waals surface area (Å²) in [5, 5.41) is 6.61. The molecule has 0 aliphatic heterocycles. The van der Waals surface area contributed by atoms with E-state index in [1.807, 2.05) is 18.2 Å². The first kappa shape index (κ1) is 16.8. The van der Waals surface area contributed by atoms with Crippen molar-refractivity contribution in [3.05, 3.63) is 33.6 Å². The summed E-state index contributed by atoms with van der Waals surface area (Å²) in [6.45, 7) is 2.89. The summed E-state index contributed by atoms with van der Waals surface area (Å²) in [7, 11) is 0. The normalized spacial score (nSPS) is 11.0. The maximum Gasteiger partial charge on any atom is 0.205 e. The zero-order valence-corrected chi connectivity index (χ0v) is 14.8. The number of ether oxygens (including phenoxy) is 1. The number of nitrogen functional groups attached to an aromatic ring is 1. The Kier molecular flexibility index (Phi) is 6.67. The number of anilines is 2. The van der Waals surface area contributed by atoms with E-state index in [-0.39, 0.29) is 0 Å². The lowest BCUT2D eigenvalue weighted by atomic mass is 10.2. The van der Waals surface area contributed by atoms with E-state index in [0.717, 1.165) is 22.2 Å². The minimum atomic E-state index is 0.491. The SMILES string of the molecule is CCCCCOc1ccc(Br)cc1C=NNc1nc(N)cs1. The molecule has 0 fully saturated rings. The number of hydrazone groups is 1. The lowest BCUT2D eigenvalue weighted by molar-refractivity contribution is 0.306. The van der Waals surface area contributed by atoms with E-state index in [0.29, 0.717) is 17.6 Å². The minimum Gasteiger partial charge on any atom is -0.493 e. The van der Waals surface area contributed by atoms with Gasteiger partial charge in [0.05, 0.1) is 12.8 Å². The van der Waals surface area contributed by atoms with Crippen molar-refractivity contribution in [1.29, 1.82) is 0 Å². The van der Waals surface area contributed by atoms with Gasteiger partial charge in [0, 0.05) is 15.4 Å². The van der Waals surface area contributed by atoms with Crippen molar-refractivity contribution in [2.45, 2.75) is 26.2 Å². The van der Waals surface area contributed by atoms with Gasteiger partial charge in [0.2, 0.25) is 5.13 Å². The average molecular weight is 383 g/mol. The Balaban J connectivity index is 1.99. The number of thiazole rings is 1. The van der Waals surface area contributed by atoms with Crippen LogP contribution < -0.4 is 15.9 Å². The van der Waals surface area contributed by atoms with Crippen LogP contribution in [-0.2, 0) is 0 Å². The second-order valence-corrected chi connectivity index (χ2v) is 6.46. The highest BCUT2D eigenvalue weighted by Gasteiger charge is 2.03. The Morgan fingerprint density at radius 3 is 3.05 bits per heavy atom. The molecular formula is C15H19BrN4OS. The number of nitrogens with two attached hydrogens (primary N) is 1. The first-order valence-corrected chi connectivity index (χ1v) is 8.78. The van der Waals surface area contributed by atoms with Crippen LogP contribution in [-0.4, -0.2) is 17.8 Å². The molecule has 1 heterocycles. The van der Waals surface area contributed by atoms with E-state index in [1.165, 1.54) is 24.2 Å². The third-order valence-electron chi connectivity index (χ3n) is 2.86. The lowest BCUT2D eigenvalue weighted by Crippen LogP contribution is -2.00. The van der Waals surface area contributed by atoms with Crippen LogP contribution in [0.4, 0.5) is 10.9 Å². The lowest BCUT2D eigenvalue weighted by Gasteiger charge is -2.09. The predicted octanol–water partition coefficient (Wildman–Crippen LogP) is 4.50. The fraction of sp³-hybridized carbons (Fsp3) is 0.333. The molecule has 0 saturated heterocycles. The molecule has 118 valence electrons. The Morgan fingerprint density at radius 1 is 1.45 bits per heavy atom. The van der Waals surface area contributed by atoms with E-state index < -0.39 is 0 Å². The molecule has 0 aliphatic carbocycles. The van der Waals surface area contributed by atoms with E-state index in [1.54, 1.807) is 11.6 Å². The number of aromatic nitrogens is 1.